The number of anilines is 2. The summed E-state index contributed by atoms with van der Waals surface area (Å²) in [6.07, 6.45) is 0.870. The predicted octanol–water partition coefficient (Wildman–Crippen LogP) is 4.10. The van der Waals surface area contributed by atoms with Gasteiger partial charge in [0, 0.05) is 16.4 Å². The Hall–Kier alpha value is -3.14. The Morgan fingerprint density at radius 1 is 1.10 bits per heavy atom. The van der Waals surface area contributed by atoms with E-state index in [9.17, 15) is 19.5 Å². The van der Waals surface area contributed by atoms with Gasteiger partial charge in [-0.05, 0) is 81.1 Å². The highest BCUT2D eigenvalue weighted by molar-refractivity contribution is 6.30. The summed E-state index contributed by atoms with van der Waals surface area (Å²) in [6.45, 7) is 7.82. The Balaban J connectivity index is 1.51. The van der Waals surface area contributed by atoms with Gasteiger partial charge in [0.05, 0.1) is 36.7 Å². The van der Waals surface area contributed by atoms with Crippen molar-refractivity contribution in [3.05, 3.63) is 53.6 Å². The molecule has 2 bridgehead atoms. The van der Waals surface area contributed by atoms with Gasteiger partial charge >= 0.3 is 0 Å². The lowest BCUT2D eigenvalue weighted by atomic mass is 9.62. The highest BCUT2D eigenvalue weighted by atomic mass is 35.5. The Morgan fingerprint density at radius 3 is 2.27 bits per heavy atom. The van der Waals surface area contributed by atoms with Crippen molar-refractivity contribution in [2.45, 2.75) is 63.8 Å². The smallest absolute Gasteiger partial charge is 0.250 e. The van der Waals surface area contributed by atoms with Crippen LogP contribution in [0.25, 0.3) is 0 Å². The van der Waals surface area contributed by atoms with Crippen molar-refractivity contribution in [3.8, 4) is 5.75 Å². The van der Waals surface area contributed by atoms with Crippen LogP contribution in [0.1, 0.15) is 40.5 Å². The van der Waals surface area contributed by atoms with Crippen molar-refractivity contribution in [1.82, 2.24) is 4.90 Å². The number of ether oxygens (including phenoxy) is 2. The summed E-state index contributed by atoms with van der Waals surface area (Å²) in [6, 6.07) is 12.1. The fraction of sp³-hybridized carbons (Fsp3) is 0.500. The van der Waals surface area contributed by atoms with Crippen molar-refractivity contribution in [1.29, 1.82) is 0 Å². The van der Waals surface area contributed by atoms with Crippen molar-refractivity contribution in [3.63, 3.8) is 0 Å². The molecule has 3 heterocycles. The fourth-order valence-electron chi connectivity index (χ4n) is 6.95. The van der Waals surface area contributed by atoms with Gasteiger partial charge in [0.25, 0.3) is 0 Å². The third-order valence-electron chi connectivity index (χ3n) is 8.90. The molecule has 2 aromatic carbocycles. The van der Waals surface area contributed by atoms with Crippen LogP contribution in [0.4, 0.5) is 11.4 Å². The number of nitrogens with one attached hydrogen (secondary N) is 2. The molecule has 0 aliphatic carbocycles. The van der Waals surface area contributed by atoms with Crippen LogP contribution in [-0.4, -0.2) is 64.2 Å². The van der Waals surface area contributed by atoms with Gasteiger partial charge in [0.2, 0.25) is 17.7 Å². The Kier molecular flexibility index (Phi) is 7.58. The van der Waals surface area contributed by atoms with E-state index in [0.29, 0.717) is 41.6 Å². The number of halogens is 1. The molecular formula is C30H36ClN3O6. The molecule has 5 rings (SSSR count). The zero-order chi connectivity index (χ0) is 28.8. The molecule has 3 aliphatic rings. The summed E-state index contributed by atoms with van der Waals surface area (Å²) >= 11 is 6.02. The molecule has 10 heteroatoms. The number of hydrogen-bond donors (Lipinski definition) is 3. The molecule has 3 fully saturated rings. The Morgan fingerprint density at radius 2 is 1.70 bits per heavy atom. The van der Waals surface area contributed by atoms with Crippen LogP contribution in [0.5, 0.6) is 5.75 Å². The maximum absolute atomic E-state index is 14.2. The van der Waals surface area contributed by atoms with Crippen LogP contribution in [0.2, 0.25) is 5.02 Å². The number of nitrogens with zero attached hydrogens (tertiary/aromatic N) is 1. The topological polar surface area (TPSA) is 117 Å². The molecule has 0 saturated carbocycles. The molecule has 7 atom stereocenters. The number of carbonyl (C=O) groups excluding carboxylic acids is 3. The van der Waals surface area contributed by atoms with E-state index in [1.54, 1.807) is 48.5 Å². The van der Waals surface area contributed by atoms with Crippen molar-refractivity contribution < 1.29 is 29.0 Å². The first kappa shape index (κ1) is 28.4. The third kappa shape index (κ3) is 4.44. The maximum Gasteiger partial charge on any atom is 0.250 e. The van der Waals surface area contributed by atoms with E-state index >= 15 is 0 Å². The van der Waals surface area contributed by atoms with E-state index in [-0.39, 0.29) is 24.3 Å². The minimum absolute atomic E-state index is 0.104. The van der Waals surface area contributed by atoms with E-state index in [1.807, 2.05) is 27.7 Å². The SMILES string of the molecule is CCOc1ccc(NC(=O)[C@H]2[C@H]3C(=O)N([C@@H](CC)CO)C(C(=O)Nc4ccc(Cl)cc4)C34CC(C)[C@]2(C)O4)cc1. The normalized spacial score (nSPS) is 31.1. The van der Waals surface area contributed by atoms with Crippen LogP contribution in [-0.2, 0) is 19.1 Å². The van der Waals surface area contributed by atoms with Crippen LogP contribution < -0.4 is 15.4 Å². The number of fused-ring (bicyclic) bond motifs is 1. The standard InChI is InChI=1S/C30H36ClN3O6/c1-5-21(16-35)34-25(27(37)33-19-9-7-18(31)8-10-19)30-15-17(3)29(4,40-30)23(24(30)28(34)38)26(36)32-20-11-13-22(14-12-20)39-6-2/h7-14,17,21,23-25,35H,5-6,15-16H2,1-4H3,(H,32,36)(H,33,37)/t17?,21-,23+,24-,25?,29-,30?/m0/s1. The first-order valence-electron chi connectivity index (χ1n) is 13.8. The number of carbonyl (C=O) groups is 3. The number of benzene rings is 2. The molecular weight excluding hydrogens is 534 g/mol. The fourth-order valence-corrected chi connectivity index (χ4v) is 7.07. The first-order chi connectivity index (χ1) is 19.1. The lowest BCUT2D eigenvalue weighted by Crippen LogP contribution is -2.56. The summed E-state index contributed by atoms with van der Waals surface area (Å²) in [5.74, 6) is -2.23. The monoisotopic (exact) mass is 569 g/mol. The lowest BCUT2D eigenvalue weighted by molar-refractivity contribution is -0.148. The molecule has 0 radical (unpaired) electrons. The molecule has 214 valence electrons. The van der Waals surface area contributed by atoms with Gasteiger partial charge in [-0.2, -0.15) is 0 Å². The van der Waals surface area contributed by atoms with Crippen LogP contribution in [0.15, 0.2) is 48.5 Å². The molecule has 2 aromatic rings. The van der Waals surface area contributed by atoms with E-state index in [4.69, 9.17) is 21.1 Å². The second-order valence-electron chi connectivity index (χ2n) is 11.1. The molecule has 3 aliphatic heterocycles. The summed E-state index contributed by atoms with van der Waals surface area (Å²) < 4.78 is 12.2. The Labute approximate surface area is 239 Å². The minimum Gasteiger partial charge on any atom is -0.494 e. The molecule has 9 nitrogen and oxygen atoms in total. The van der Waals surface area contributed by atoms with Gasteiger partial charge in [-0.3, -0.25) is 14.4 Å². The molecule has 3 unspecified atom stereocenters. The van der Waals surface area contributed by atoms with E-state index < -0.39 is 41.0 Å². The van der Waals surface area contributed by atoms with Gasteiger partial charge in [0.1, 0.15) is 17.4 Å². The third-order valence-corrected chi connectivity index (χ3v) is 9.16. The van der Waals surface area contributed by atoms with Gasteiger partial charge in [-0.15, -0.1) is 0 Å². The summed E-state index contributed by atoms with van der Waals surface area (Å²) in [4.78, 5) is 43.6. The molecule has 40 heavy (non-hydrogen) atoms. The van der Waals surface area contributed by atoms with Crippen molar-refractivity contribution in [2.75, 3.05) is 23.8 Å². The second-order valence-corrected chi connectivity index (χ2v) is 11.6. The second kappa shape index (κ2) is 10.7. The van der Waals surface area contributed by atoms with Gasteiger partial charge in [-0.25, -0.2) is 0 Å². The van der Waals surface area contributed by atoms with E-state index in [2.05, 4.69) is 10.6 Å². The minimum atomic E-state index is -1.22. The van der Waals surface area contributed by atoms with Crippen LogP contribution in [0.3, 0.4) is 0 Å². The van der Waals surface area contributed by atoms with Crippen LogP contribution >= 0.6 is 11.6 Å². The molecule has 3 N–H and O–H groups in total. The zero-order valence-electron chi connectivity index (χ0n) is 23.1. The highest BCUT2D eigenvalue weighted by Crippen LogP contribution is 2.65. The van der Waals surface area contributed by atoms with Crippen molar-refractivity contribution >= 4 is 40.7 Å². The molecule has 3 saturated heterocycles. The highest BCUT2D eigenvalue weighted by Gasteiger charge is 2.80. The number of aliphatic hydroxyl groups is 1. The average Bonchev–Trinajstić information content (AvgIpc) is 3.44. The quantitative estimate of drug-likeness (QED) is 0.419. The number of hydrogen-bond acceptors (Lipinski definition) is 6. The molecule has 3 amide bonds. The van der Waals surface area contributed by atoms with Crippen molar-refractivity contribution in [2.24, 2.45) is 17.8 Å². The molecule has 0 aromatic heterocycles. The van der Waals surface area contributed by atoms with Gasteiger partial charge < -0.3 is 30.1 Å². The average molecular weight is 570 g/mol. The summed E-state index contributed by atoms with van der Waals surface area (Å²) in [5, 5.41) is 16.6. The number of aliphatic hydroxyl groups excluding tert-OH is 1. The number of likely N-dealkylation sites (tertiary alicyclic amines) is 1. The lowest BCUT2D eigenvalue weighted by Gasteiger charge is -2.36. The predicted molar refractivity (Wildman–Crippen MR) is 151 cm³/mol. The number of amides is 3. The maximum atomic E-state index is 14.2. The first-order valence-corrected chi connectivity index (χ1v) is 14.2. The molecule has 1 spiro atoms. The van der Waals surface area contributed by atoms with E-state index in [1.165, 1.54) is 4.90 Å². The van der Waals surface area contributed by atoms with Gasteiger partial charge in [0.15, 0.2) is 0 Å². The van der Waals surface area contributed by atoms with Crippen LogP contribution in [0, 0.1) is 17.8 Å². The summed E-state index contributed by atoms with van der Waals surface area (Å²) in [5.41, 5.74) is -1.08. The van der Waals surface area contributed by atoms with Gasteiger partial charge in [-0.1, -0.05) is 25.4 Å². The van der Waals surface area contributed by atoms with E-state index in [0.717, 1.165) is 0 Å². The summed E-state index contributed by atoms with van der Waals surface area (Å²) in [7, 11) is 0. The largest absolute Gasteiger partial charge is 0.494 e. The number of rotatable bonds is 9. The zero-order valence-corrected chi connectivity index (χ0v) is 23.9. The Bertz CT molecular complexity index is 1280.